The number of nitrogens with one attached hydrogen (secondary N) is 1. The molecule has 0 bridgehead atoms. The molecule has 0 aliphatic rings. The highest BCUT2D eigenvalue weighted by Gasteiger charge is 1.98. The molecular weight excluding hydrogens is 266 g/mol. The summed E-state index contributed by atoms with van der Waals surface area (Å²) in [6.07, 6.45) is 2.09. The lowest BCUT2D eigenvalue weighted by molar-refractivity contribution is -0.115. The summed E-state index contributed by atoms with van der Waals surface area (Å²) in [4.78, 5) is 11.5. The van der Waals surface area contributed by atoms with E-state index >= 15 is 0 Å². The van der Waals surface area contributed by atoms with Crippen LogP contribution in [0.4, 0.5) is 5.69 Å². The summed E-state index contributed by atoms with van der Waals surface area (Å²) in [5.74, 6) is -0.0314. The van der Waals surface area contributed by atoms with E-state index in [0.29, 0.717) is 6.42 Å². The number of carbonyl (C=O) groups excluding carboxylic acids is 1. The summed E-state index contributed by atoms with van der Waals surface area (Å²) >= 11 is 3.34. The molecule has 0 saturated carbocycles. The minimum atomic E-state index is -0.0314. The van der Waals surface area contributed by atoms with Crippen molar-refractivity contribution >= 4 is 27.5 Å². The second-order valence-electron chi connectivity index (χ2n) is 3.61. The van der Waals surface area contributed by atoms with Crippen LogP contribution >= 0.6 is 15.9 Å². The van der Waals surface area contributed by atoms with Crippen LogP contribution in [-0.2, 0) is 4.79 Å². The molecule has 0 radical (unpaired) electrons. The maximum Gasteiger partial charge on any atom is 0.228 e. The molecule has 1 amide bonds. The predicted octanol–water partition coefficient (Wildman–Crippen LogP) is 3.90. The number of rotatable bonds is 3. The van der Waals surface area contributed by atoms with Crippen LogP contribution in [0.3, 0.4) is 0 Å². The predicted molar refractivity (Wildman–Crippen MR) is 70.3 cm³/mol. The van der Waals surface area contributed by atoms with E-state index < -0.39 is 0 Å². The van der Waals surface area contributed by atoms with E-state index in [2.05, 4.69) is 27.0 Å². The topological polar surface area (TPSA) is 29.1 Å². The first-order chi connectivity index (χ1) is 7.58. The van der Waals surface area contributed by atoms with Crippen LogP contribution in [-0.4, -0.2) is 5.91 Å². The van der Waals surface area contributed by atoms with Gasteiger partial charge in [0, 0.05) is 10.2 Å². The Morgan fingerprint density at radius 2 is 2.00 bits per heavy atom. The molecule has 84 valence electrons. The number of amides is 1. The molecule has 0 unspecified atom stereocenters. The van der Waals surface area contributed by atoms with Gasteiger partial charge in [0.05, 0.1) is 6.42 Å². The Labute approximate surface area is 104 Å². The fraction of sp³-hybridized carbons (Fsp3) is 0.231. The maximum absolute atomic E-state index is 11.5. The zero-order chi connectivity index (χ0) is 12.0. The highest BCUT2D eigenvalue weighted by molar-refractivity contribution is 9.10. The van der Waals surface area contributed by atoms with Crippen molar-refractivity contribution in [1.82, 2.24) is 0 Å². The van der Waals surface area contributed by atoms with E-state index in [-0.39, 0.29) is 5.91 Å². The molecule has 1 N–H and O–H groups in total. The Kier molecular flexibility index (Phi) is 5.03. The standard InChI is InChI=1S/C13H14BrNO/c1-10(2)4-3-5-13(16)15-12-8-6-11(14)7-9-12/h3,6-9H,5H2,1-2H3,(H,15,16). The summed E-state index contributed by atoms with van der Waals surface area (Å²) in [6.45, 7) is 3.90. The quantitative estimate of drug-likeness (QED) is 0.836. The molecule has 1 aromatic carbocycles. The number of hydrogen-bond donors (Lipinski definition) is 1. The number of benzene rings is 1. The van der Waals surface area contributed by atoms with E-state index in [0.717, 1.165) is 15.7 Å². The molecule has 0 spiro atoms. The average Bonchev–Trinajstić information content (AvgIpc) is 2.21. The fourth-order valence-corrected chi connectivity index (χ4v) is 1.36. The van der Waals surface area contributed by atoms with E-state index in [1.54, 1.807) is 6.08 Å². The third-order valence-corrected chi connectivity index (χ3v) is 2.33. The molecule has 1 aromatic rings. The van der Waals surface area contributed by atoms with Crippen LogP contribution in [0, 0.1) is 0 Å². The lowest BCUT2D eigenvalue weighted by atomic mass is 10.3. The summed E-state index contributed by atoms with van der Waals surface area (Å²) in [5, 5.41) is 2.80. The molecule has 0 aliphatic carbocycles. The van der Waals surface area contributed by atoms with Gasteiger partial charge in [0.2, 0.25) is 5.91 Å². The van der Waals surface area contributed by atoms with Crippen LogP contribution in [0.2, 0.25) is 0 Å². The molecular formula is C13H14BrNO. The Morgan fingerprint density at radius 1 is 1.38 bits per heavy atom. The normalized spacial score (nSPS) is 9.19. The second-order valence-corrected chi connectivity index (χ2v) is 4.52. The summed E-state index contributed by atoms with van der Waals surface area (Å²) in [5.41, 5.74) is 4.87. The van der Waals surface area contributed by atoms with Crippen molar-refractivity contribution < 1.29 is 4.79 Å². The average molecular weight is 280 g/mol. The number of carbonyl (C=O) groups is 1. The molecule has 0 saturated heterocycles. The van der Waals surface area contributed by atoms with Crippen LogP contribution in [0.1, 0.15) is 20.3 Å². The third-order valence-electron chi connectivity index (χ3n) is 1.81. The van der Waals surface area contributed by atoms with Crippen molar-refractivity contribution in [3.63, 3.8) is 0 Å². The molecule has 0 aromatic heterocycles. The van der Waals surface area contributed by atoms with Gasteiger partial charge in [-0.2, -0.15) is 0 Å². The van der Waals surface area contributed by atoms with E-state index in [1.807, 2.05) is 38.1 Å². The molecule has 0 aliphatic heterocycles. The molecule has 3 heteroatoms. The lowest BCUT2D eigenvalue weighted by Crippen LogP contribution is -2.09. The van der Waals surface area contributed by atoms with Crippen molar-refractivity contribution in [2.24, 2.45) is 0 Å². The molecule has 1 rings (SSSR count). The zero-order valence-electron chi connectivity index (χ0n) is 9.38. The third kappa shape index (κ3) is 4.96. The van der Waals surface area contributed by atoms with Crippen LogP contribution in [0.5, 0.6) is 0 Å². The number of halogens is 1. The molecule has 0 fully saturated rings. The van der Waals surface area contributed by atoms with Gasteiger partial charge in [-0.25, -0.2) is 0 Å². The zero-order valence-corrected chi connectivity index (χ0v) is 11.0. The van der Waals surface area contributed by atoms with Crippen molar-refractivity contribution in [2.45, 2.75) is 20.3 Å². The highest BCUT2D eigenvalue weighted by atomic mass is 79.9. The maximum atomic E-state index is 11.5. The van der Waals surface area contributed by atoms with Crippen molar-refractivity contribution in [3.8, 4) is 0 Å². The van der Waals surface area contributed by atoms with E-state index in [9.17, 15) is 4.79 Å². The van der Waals surface area contributed by atoms with Gasteiger partial charge in [-0.3, -0.25) is 4.79 Å². The van der Waals surface area contributed by atoms with Crippen molar-refractivity contribution in [2.75, 3.05) is 5.32 Å². The fourth-order valence-electron chi connectivity index (χ4n) is 1.09. The van der Waals surface area contributed by atoms with E-state index in [1.165, 1.54) is 0 Å². The van der Waals surface area contributed by atoms with E-state index in [4.69, 9.17) is 0 Å². The first kappa shape index (κ1) is 12.8. The van der Waals surface area contributed by atoms with Crippen molar-refractivity contribution in [3.05, 3.63) is 46.1 Å². The molecule has 0 heterocycles. The number of hydrogen-bond acceptors (Lipinski definition) is 1. The Morgan fingerprint density at radius 3 is 2.56 bits per heavy atom. The van der Waals surface area contributed by atoms with Gasteiger partial charge < -0.3 is 5.32 Å². The Hall–Kier alpha value is -1.31. The highest BCUT2D eigenvalue weighted by Crippen LogP contribution is 2.14. The van der Waals surface area contributed by atoms with Gasteiger partial charge in [0.15, 0.2) is 0 Å². The number of anilines is 1. The Bertz CT molecular complexity index is 424. The van der Waals surface area contributed by atoms with Crippen molar-refractivity contribution in [1.29, 1.82) is 0 Å². The van der Waals surface area contributed by atoms with Gasteiger partial charge in [0.25, 0.3) is 0 Å². The van der Waals surface area contributed by atoms with Gasteiger partial charge >= 0.3 is 0 Å². The van der Waals surface area contributed by atoms with Gasteiger partial charge in [-0.1, -0.05) is 15.9 Å². The first-order valence-electron chi connectivity index (χ1n) is 5.01. The van der Waals surface area contributed by atoms with Crippen LogP contribution in [0.15, 0.2) is 46.1 Å². The largest absolute Gasteiger partial charge is 0.326 e. The lowest BCUT2D eigenvalue weighted by Gasteiger charge is -2.02. The minimum Gasteiger partial charge on any atom is -0.326 e. The SMILES string of the molecule is CC(C)=C=CCC(=O)Nc1ccc(Br)cc1. The Balaban J connectivity index is 2.52. The smallest absolute Gasteiger partial charge is 0.228 e. The summed E-state index contributed by atoms with van der Waals surface area (Å²) < 4.78 is 0.995. The minimum absolute atomic E-state index is 0.0314. The molecule has 0 atom stereocenters. The van der Waals surface area contributed by atoms with Gasteiger partial charge in [-0.15, -0.1) is 5.73 Å². The first-order valence-corrected chi connectivity index (χ1v) is 5.81. The van der Waals surface area contributed by atoms with Gasteiger partial charge in [-0.05, 0) is 49.8 Å². The molecule has 2 nitrogen and oxygen atoms in total. The second kappa shape index (κ2) is 6.31. The van der Waals surface area contributed by atoms with Crippen LogP contribution < -0.4 is 5.32 Å². The summed E-state index contributed by atoms with van der Waals surface area (Å²) in [7, 11) is 0. The van der Waals surface area contributed by atoms with Gasteiger partial charge in [0.1, 0.15) is 0 Å². The molecule has 16 heavy (non-hydrogen) atoms. The monoisotopic (exact) mass is 279 g/mol. The van der Waals surface area contributed by atoms with Crippen LogP contribution in [0.25, 0.3) is 0 Å². The summed E-state index contributed by atoms with van der Waals surface area (Å²) in [6, 6.07) is 7.49.